The highest BCUT2D eigenvalue weighted by molar-refractivity contribution is 7.99. The molecule has 1 aliphatic heterocycles. The van der Waals surface area contributed by atoms with Gasteiger partial charge >= 0.3 is 11.9 Å². The van der Waals surface area contributed by atoms with Crippen molar-refractivity contribution >= 4 is 23.7 Å². The Balaban J connectivity index is 2.16. The summed E-state index contributed by atoms with van der Waals surface area (Å²) in [4.78, 5) is 22.3. The second-order valence-corrected chi connectivity index (χ2v) is 8.56. The van der Waals surface area contributed by atoms with Gasteiger partial charge in [-0.2, -0.15) is 0 Å². The Hall–Kier alpha value is -1.01. The maximum atomic E-state index is 11.2. The van der Waals surface area contributed by atoms with Gasteiger partial charge in [-0.25, -0.2) is 0 Å². The number of carbonyl (C=O) groups excluding carboxylic acids is 2. The van der Waals surface area contributed by atoms with E-state index in [9.17, 15) is 9.59 Å². The Labute approximate surface area is 174 Å². The quantitative estimate of drug-likeness (QED) is 0.203. The molecule has 1 rings (SSSR count). The lowest BCUT2D eigenvalue weighted by molar-refractivity contribution is -0.160. The van der Waals surface area contributed by atoms with E-state index in [0.29, 0.717) is 0 Å². The number of unbranched alkanes of at least 4 members (excludes halogenated alkanes) is 9. The van der Waals surface area contributed by atoms with Crippen molar-refractivity contribution < 1.29 is 23.8 Å². The molecule has 1 heterocycles. The van der Waals surface area contributed by atoms with Crippen LogP contribution in [0.25, 0.3) is 0 Å². The molecule has 162 valence electrons. The summed E-state index contributed by atoms with van der Waals surface area (Å²) in [6.07, 6.45) is 16.1. The zero-order valence-electron chi connectivity index (χ0n) is 17.8. The number of ether oxygens (including phenoxy) is 3. The smallest absolute Gasteiger partial charge is 0.303 e. The van der Waals surface area contributed by atoms with Gasteiger partial charge in [-0.1, -0.05) is 64.7 Å². The van der Waals surface area contributed by atoms with E-state index in [2.05, 4.69) is 6.92 Å². The molecule has 0 aromatic heterocycles. The second-order valence-electron chi connectivity index (χ2n) is 7.36. The number of esters is 2. The molecular formula is C22H38O5S. The third kappa shape index (κ3) is 12.4. The summed E-state index contributed by atoms with van der Waals surface area (Å²) in [7, 11) is 0. The van der Waals surface area contributed by atoms with E-state index in [4.69, 9.17) is 14.2 Å². The van der Waals surface area contributed by atoms with E-state index in [-0.39, 0.29) is 24.0 Å². The summed E-state index contributed by atoms with van der Waals surface area (Å²) in [5.41, 5.74) is -0.0917. The standard InChI is InChI=1S/C22H38O5S/c1-4-5-6-7-8-9-10-11-12-13-16-28-22-15-14-20(26-19(3)24)21(27-22)17-25-18(2)23/h14-15,20-22H,4-13,16-17H2,1-3H3/t20-,21+,22+/m0/s1. The van der Waals surface area contributed by atoms with Crippen LogP contribution in [-0.4, -0.2) is 41.9 Å². The first-order valence-corrected chi connectivity index (χ1v) is 11.8. The molecule has 0 radical (unpaired) electrons. The van der Waals surface area contributed by atoms with Crippen molar-refractivity contribution in [1.29, 1.82) is 0 Å². The molecule has 28 heavy (non-hydrogen) atoms. The van der Waals surface area contributed by atoms with E-state index < -0.39 is 12.2 Å². The summed E-state index contributed by atoms with van der Waals surface area (Å²) >= 11 is 1.74. The lowest BCUT2D eigenvalue weighted by Gasteiger charge is -2.31. The maximum Gasteiger partial charge on any atom is 0.303 e. The highest BCUT2D eigenvalue weighted by Crippen LogP contribution is 2.25. The Morgan fingerprint density at radius 2 is 1.50 bits per heavy atom. The fourth-order valence-electron chi connectivity index (χ4n) is 3.14. The number of thioether (sulfide) groups is 1. The second kappa shape index (κ2) is 15.9. The molecule has 0 aromatic carbocycles. The minimum absolute atomic E-state index is 0.0902. The Morgan fingerprint density at radius 3 is 2.07 bits per heavy atom. The first-order chi connectivity index (χ1) is 13.5. The van der Waals surface area contributed by atoms with Gasteiger partial charge in [-0.3, -0.25) is 9.59 Å². The van der Waals surface area contributed by atoms with Crippen LogP contribution in [0.2, 0.25) is 0 Å². The van der Waals surface area contributed by atoms with Crippen LogP contribution in [0.3, 0.4) is 0 Å². The third-order valence-electron chi connectivity index (χ3n) is 4.67. The molecule has 1 aliphatic rings. The van der Waals surface area contributed by atoms with Crippen LogP contribution in [0.4, 0.5) is 0 Å². The summed E-state index contributed by atoms with van der Waals surface area (Å²) in [5, 5.41) is 0. The van der Waals surface area contributed by atoms with Crippen LogP contribution < -0.4 is 0 Å². The molecule has 0 aliphatic carbocycles. The SMILES string of the molecule is CCCCCCCCCCCCS[C@@H]1C=C[C@H](OC(C)=O)[C@@H](COC(C)=O)O1. The van der Waals surface area contributed by atoms with Gasteiger partial charge in [0.2, 0.25) is 0 Å². The largest absolute Gasteiger partial charge is 0.463 e. The lowest BCUT2D eigenvalue weighted by Crippen LogP contribution is -2.40. The summed E-state index contributed by atoms with van der Waals surface area (Å²) in [6.45, 7) is 5.07. The molecule has 5 nitrogen and oxygen atoms in total. The molecule has 0 spiro atoms. The van der Waals surface area contributed by atoms with Crippen LogP contribution in [0.15, 0.2) is 12.2 Å². The Morgan fingerprint density at radius 1 is 0.893 bits per heavy atom. The Kier molecular flexibility index (Phi) is 14.2. The van der Waals surface area contributed by atoms with Crippen LogP contribution in [0.5, 0.6) is 0 Å². The molecule has 6 heteroatoms. The molecule has 0 N–H and O–H groups in total. The molecule has 0 unspecified atom stereocenters. The van der Waals surface area contributed by atoms with Crippen molar-refractivity contribution in [2.45, 2.75) is 103 Å². The molecule has 0 aromatic rings. The highest BCUT2D eigenvalue weighted by Gasteiger charge is 2.30. The summed E-state index contributed by atoms with van der Waals surface area (Å²) < 4.78 is 16.3. The molecule has 0 saturated heterocycles. The number of hydrogen-bond acceptors (Lipinski definition) is 6. The van der Waals surface area contributed by atoms with Gasteiger partial charge in [-0.15, -0.1) is 11.8 Å². The minimum atomic E-state index is -0.508. The fourth-order valence-corrected chi connectivity index (χ4v) is 4.17. The van der Waals surface area contributed by atoms with E-state index in [1.165, 1.54) is 78.1 Å². The van der Waals surface area contributed by atoms with Crippen molar-refractivity contribution in [2.75, 3.05) is 12.4 Å². The predicted octanol–water partition coefficient (Wildman–Crippen LogP) is 5.42. The molecule has 0 saturated carbocycles. The van der Waals surface area contributed by atoms with E-state index in [1.54, 1.807) is 11.8 Å². The zero-order chi connectivity index (χ0) is 20.6. The van der Waals surface area contributed by atoms with Gasteiger partial charge in [-0.05, 0) is 24.3 Å². The molecule has 0 fully saturated rings. The maximum absolute atomic E-state index is 11.2. The first kappa shape index (κ1) is 25.0. The van der Waals surface area contributed by atoms with Crippen molar-refractivity contribution in [2.24, 2.45) is 0 Å². The minimum Gasteiger partial charge on any atom is -0.463 e. The van der Waals surface area contributed by atoms with E-state index in [0.717, 1.165) is 5.75 Å². The van der Waals surface area contributed by atoms with Gasteiger partial charge < -0.3 is 14.2 Å². The first-order valence-electron chi connectivity index (χ1n) is 10.8. The van der Waals surface area contributed by atoms with E-state index >= 15 is 0 Å². The van der Waals surface area contributed by atoms with Crippen molar-refractivity contribution in [1.82, 2.24) is 0 Å². The van der Waals surface area contributed by atoms with Crippen molar-refractivity contribution in [3.63, 3.8) is 0 Å². The number of hydrogen-bond donors (Lipinski definition) is 0. The molecule has 0 bridgehead atoms. The van der Waals surface area contributed by atoms with Crippen LogP contribution in [0.1, 0.15) is 85.0 Å². The molecule has 0 amide bonds. The average Bonchev–Trinajstić information content (AvgIpc) is 2.65. The van der Waals surface area contributed by atoms with Crippen LogP contribution in [-0.2, 0) is 23.8 Å². The summed E-state index contributed by atoms with van der Waals surface area (Å²) in [5.74, 6) is 0.293. The van der Waals surface area contributed by atoms with Crippen LogP contribution in [0, 0.1) is 0 Å². The zero-order valence-corrected chi connectivity index (χ0v) is 18.6. The van der Waals surface area contributed by atoms with E-state index in [1.807, 2.05) is 12.2 Å². The van der Waals surface area contributed by atoms with Crippen molar-refractivity contribution in [3.8, 4) is 0 Å². The average molecular weight is 415 g/mol. The van der Waals surface area contributed by atoms with Gasteiger partial charge in [0.05, 0.1) is 0 Å². The van der Waals surface area contributed by atoms with Crippen LogP contribution >= 0.6 is 11.8 Å². The molecule has 3 atom stereocenters. The third-order valence-corrected chi connectivity index (χ3v) is 5.79. The van der Waals surface area contributed by atoms with Gasteiger partial charge in [0.15, 0.2) is 0 Å². The van der Waals surface area contributed by atoms with Gasteiger partial charge in [0.25, 0.3) is 0 Å². The van der Waals surface area contributed by atoms with Crippen molar-refractivity contribution in [3.05, 3.63) is 12.2 Å². The van der Waals surface area contributed by atoms with Gasteiger partial charge in [0.1, 0.15) is 24.3 Å². The topological polar surface area (TPSA) is 61.8 Å². The Bertz CT molecular complexity index is 466. The number of rotatable bonds is 15. The fraction of sp³-hybridized carbons (Fsp3) is 0.818. The van der Waals surface area contributed by atoms with Gasteiger partial charge in [0, 0.05) is 13.8 Å². The summed E-state index contributed by atoms with van der Waals surface area (Å²) in [6, 6.07) is 0. The lowest BCUT2D eigenvalue weighted by atomic mass is 10.1. The monoisotopic (exact) mass is 414 g/mol. The molecular weight excluding hydrogens is 376 g/mol. The predicted molar refractivity (Wildman–Crippen MR) is 114 cm³/mol. The highest BCUT2D eigenvalue weighted by atomic mass is 32.2. The number of carbonyl (C=O) groups is 2. The normalized spacial score (nSPS) is 21.5.